The van der Waals surface area contributed by atoms with Crippen molar-refractivity contribution in [1.29, 1.82) is 0 Å². The van der Waals surface area contributed by atoms with Crippen molar-refractivity contribution in [3.8, 4) is 0 Å². The van der Waals surface area contributed by atoms with Crippen LogP contribution in [-0.2, 0) is 4.79 Å². The van der Waals surface area contributed by atoms with Gasteiger partial charge in [0.15, 0.2) is 5.78 Å². The van der Waals surface area contributed by atoms with Crippen LogP contribution in [0.1, 0.15) is 45.7 Å². The van der Waals surface area contributed by atoms with Gasteiger partial charge in [-0.3, -0.25) is 14.4 Å². The second-order valence-corrected chi connectivity index (χ2v) is 7.87. The standard InChI is InChI=1S/C19H19ClN2O3S/c20-17-9-8-16(26-17)15(23)7-10-18(24)21-14-5-3-13(4-6-14)19(25)22-11-1-2-12-22/h3-6,8-9H,1-2,7,10-12H2,(H,21,24). The number of benzene rings is 1. The molecular formula is C19H19ClN2O3S. The molecule has 0 saturated carbocycles. The number of ketones is 1. The number of Topliss-reactive ketones (excluding diaryl/α,β-unsaturated/α-hetero) is 1. The van der Waals surface area contributed by atoms with E-state index in [4.69, 9.17) is 11.6 Å². The fourth-order valence-corrected chi connectivity index (χ4v) is 3.85. The van der Waals surface area contributed by atoms with E-state index in [0.717, 1.165) is 25.9 Å². The Hall–Kier alpha value is -2.18. The summed E-state index contributed by atoms with van der Waals surface area (Å²) in [4.78, 5) is 38.7. The summed E-state index contributed by atoms with van der Waals surface area (Å²) in [5.41, 5.74) is 1.23. The van der Waals surface area contributed by atoms with Gasteiger partial charge in [0.2, 0.25) is 5.91 Å². The zero-order chi connectivity index (χ0) is 18.5. The Morgan fingerprint density at radius 3 is 2.31 bits per heavy atom. The van der Waals surface area contributed by atoms with Gasteiger partial charge in [0.25, 0.3) is 5.91 Å². The molecule has 3 rings (SSSR count). The molecular weight excluding hydrogens is 372 g/mol. The normalized spacial score (nSPS) is 13.7. The number of carbonyl (C=O) groups is 3. The molecule has 1 aliphatic rings. The minimum Gasteiger partial charge on any atom is -0.339 e. The van der Waals surface area contributed by atoms with Crippen molar-refractivity contribution >= 4 is 46.2 Å². The lowest BCUT2D eigenvalue weighted by atomic mass is 10.1. The minimum atomic E-state index is -0.236. The third-order valence-electron chi connectivity index (χ3n) is 4.24. The van der Waals surface area contributed by atoms with E-state index in [1.54, 1.807) is 36.4 Å². The van der Waals surface area contributed by atoms with E-state index in [1.807, 2.05) is 4.90 Å². The van der Waals surface area contributed by atoms with Gasteiger partial charge in [-0.25, -0.2) is 0 Å². The number of likely N-dealkylation sites (tertiary alicyclic amines) is 1. The van der Waals surface area contributed by atoms with Crippen LogP contribution in [0.4, 0.5) is 5.69 Å². The predicted octanol–water partition coefficient (Wildman–Crippen LogP) is 4.24. The molecule has 1 saturated heterocycles. The number of rotatable bonds is 6. The average molecular weight is 391 g/mol. The fourth-order valence-electron chi connectivity index (χ4n) is 2.84. The highest BCUT2D eigenvalue weighted by Gasteiger charge is 2.19. The molecule has 26 heavy (non-hydrogen) atoms. The van der Waals surface area contributed by atoms with Crippen molar-refractivity contribution in [1.82, 2.24) is 4.90 Å². The lowest BCUT2D eigenvalue weighted by Gasteiger charge is -2.15. The number of thiophene rings is 1. The molecule has 0 bridgehead atoms. The van der Waals surface area contributed by atoms with Crippen molar-refractivity contribution in [2.45, 2.75) is 25.7 Å². The zero-order valence-corrected chi connectivity index (χ0v) is 15.7. The van der Waals surface area contributed by atoms with Crippen molar-refractivity contribution in [2.24, 2.45) is 0 Å². The number of hydrogen-bond acceptors (Lipinski definition) is 4. The van der Waals surface area contributed by atoms with Crippen molar-refractivity contribution in [2.75, 3.05) is 18.4 Å². The van der Waals surface area contributed by atoms with Crippen molar-refractivity contribution in [3.63, 3.8) is 0 Å². The Balaban J connectivity index is 1.49. The quantitative estimate of drug-likeness (QED) is 0.750. The predicted molar refractivity (Wildman–Crippen MR) is 103 cm³/mol. The molecule has 2 heterocycles. The fraction of sp³-hybridized carbons (Fsp3) is 0.316. The maximum absolute atomic E-state index is 12.3. The zero-order valence-electron chi connectivity index (χ0n) is 14.2. The van der Waals surface area contributed by atoms with Gasteiger partial charge in [-0.2, -0.15) is 0 Å². The Labute approximate surface area is 161 Å². The van der Waals surface area contributed by atoms with Crippen LogP contribution in [0, 0.1) is 0 Å². The van der Waals surface area contributed by atoms with E-state index >= 15 is 0 Å². The van der Waals surface area contributed by atoms with Gasteiger partial charge in [0, 0.05) is 37.2 Å². The van der Waals surface area contributed by atoms with Crippen LogP contribution >= 0.6 is 22.9 Å². The molecule has 1 aliphatic heterocycles. The number of nitrogens with one attached hydrogen (secondary N) is 1. The molecule has 1 aromatic carbocycles. The maximum Gasteiger partial charge on any atom is 0.253 e. The maximum atomic E-state index is 12.3. The van der Waals surface area contributed by atoms with Crippen molar-refractivity contribution < 1.29 is 14.4 Å². The summed E-state index contributed by atoms with van der Waals surface area (Å²) < 4.78 is 0.557. The summed E-state index contributed by atoms with van der Waals surface area (Å²) in [6.45, 7) is 1.61. The largest absolute Gasteiger partial charge is 0.339 e. The number of anilines is 1. The molecule has 2 amide bonds. The highest BCUT2D eigenvalue weighted by Crippen LogP contribution is 2.23. The van der Waals surface area contributed by atoms with Crippen LogP contribution in [0.2, 0.25) is 4.34 Å². The van der Waals surface area contributed by atoms with Crippen LogP contribution in [0.15, 0.2) is 36.4 Å². The molecule has 2 aromatic rings. The molecule has 1 aromatic heterocycles. The second kappa shape index (κ2) is 8.47. The van der Waals surface area contributed by atoms with Gasteiger partial charge in [-0.05, 0) is 49.2 Å². The highest BCUT2D eigenvalue weighted by molar-refractivity contribution is 7.18. The number of halogens is 1. The molecule has 0 atom stereocenters. The van der Waals surface area contributed by atoms with Gasteiger partial charge >= 0.3 is 0 Å². The van der Waals surface area contributed by atoms with E-state index in [9.17, 15) is 14.4 Å². The number of amides is 2. The van der Waals surface area contributed by atoms with Gasteiger partial charge < -0.3 is 10.2 Å². The Morgan fingerprint density at radius 1 is 1.00 bits per heavy atom. The van der Waals surface area contributed by atoms with Crippen LogP contribution in [0.3, 0.4) is 0 Å². The van der Waals surface area contributed by atoms with Crippen molar-refractivity contribution in [3.05, 3.63) is 51.2 Å². The summed E-state index contributed by atoms with van der Waals surface area (Å²) in [6, 6.07) is 10.2. The van der Waals surface area contributed by atoms with E-state index in [2.05, 4.69) is 5.32 Å². The van der Waals surface area contributed by atoms with Gasteiger partial charge in [0.05, 0.1) is 9.21 Å². The van der Waals surface area contributed by atoms with Crippen LogP contribution < -0.4 is 5.32 Å². The van der Waals surface area contributed by atoms with Crippen LogP contribution in [0.25, 0.3) is 0 Å². The minimum absolute atomic E-state index is 0.0283. The molecule has 0 spiro atoms. The lowest BCUT2D eigenvalue weighted by Crippen LogP contribution is -2.27. The third-order valence-corrected chi connectivity index (χ3v) is 5.51. The molecule has 5 nitrogen and oxygen atoms in total. The van der Waals surface area contributed by atoms with Gasteiger partial charge in [-0.1, -0.05) is 11.6 Å². The highest BCUT2D eigenvalue weighted by atomic mass is 35.5. The topological polar surface area (TPSA) is 66.5 Å². The molecule has 0 unspecified atom stereocenters. The smallest absolute Gasteiger partial charge is 0.253 e. The average Bonchev–Trinajstić information content (AvgIpc) is 3.31. The van der Waals surface area contributed by atoms with Crippen LogP contribution in [0.5, 0.6) is 0 Å². The first-order valence-electron chi connectivity index (χ1n) is 8.50. The van der Waals surface area contributed by atoms with E-state index in [1.165, 1.54) is 11.3 Å². The lowest BCUT2D eigenvalue weighted by molar-refractivity contribution is -0.116. The molecule has 0 aliphatic carbocycles. The Morgan fingerprint density at radius 2 is 1.69 bits per heavy atom. The summed E-state index contributed by atoms with van der Waals surface area (Å²) >= 11 is 7.03. The summed E-state index contributed by atoms with van der Waals surface area (Å²) in [7, 11) is 0. The van der Waals surface area contributed by atoms with E-state index in [0.29, 0.717) is 20.5 Å². The molecule has 0 radical (unpaired) electrons. The monoisotopic (exact) mass is 390 g/mol. The number of carbonyl (C=O) groups excluding carboxylic acids is 3. The SMILES string of the molecule is O=C(CCC(=O)c1ccc(Cl)s1)Nc1ccc(C(=O)N2CCCC2)cc1. The summed E-state index contributed by atoms with van der Waals surface area (Å²) in [5.74, 6) is -0.302. The molecule has 7 heteroatoms. The second-order valence-electron chi connectivity index (χ2n) is 6.15. The van der Waals surface area contributed by atoms with Gasteiger partial charge in [0.1, 0.15) is 0 Å². The number of nitrogens with zero attached hydrogens (tertiary/aromatic N) is 1. The molecule has 136 valence electrons. The first kappa shape index (κ1) is 18.6. The van der Waals surface area contributed by atoms with E-state index < -0.39 is 0 Å². The Kier molecular flexibility index (Phi) is 6.06. The van der Waals surface area contributed by atoms with Gasteiger partial charge in [-0.15, -0.1) is 11.3 Å². The first-order valence-corrected chi connectivity index (χ1v) is 9.70. The molecule has 1 fully saturated rings. The molecule has 1 N–H and O–H groups in total. The first-order chi connectivity index (χ1) is 12.5. The summed E-state index contributed by atoms with van der Waals surface area (Å²) in [6.07, 6.45) is 2.34. The number of hydrogen-bond donors (Lipinski definition) is 1. The Bertz CT molecular complexity index is 810. The summed E-state index contributed by atoms with van der Waals surface area (Å²) in [5, 5.41) is 2.75. The third kappa shape index (κ3) is 4.71. The van der Waals surface area contributed by atoms with E-state index in [-0.39, 0.29) is 30.4 Å². The van der Waals surface area contributed by atoms with Crippen LogP contribution in [-0.4, -0.2) is 35.6 Å².